The Kier molecular flexibility index (Phi) is 5.01. The van der Waals surface area contributed by atoms with Crippen molar-refractivity contribution in [1.82, 2.24) is 10.3 Å². The molecule has 1 N–H and O–H groups in total. The van der Waals surface area contributed by atoms with E-state index in [2.05, 4.69) is 31.0 Å². The molecule has 2 rings (SSSR count). The number of hydrogen-bond acceptors (Lipinski definition) is 4. The van der Waals surface area contributed by atoms with E-state index in [0.29, 0.717) is 0 Å². The van der Waals surface area contributed by atoms with Crippen LogP contribution in [0, 0.1) is 5.92 Å². The standard InChI is InChI=1S/C14H25N3S/c1-4-12-13(9-15-5-2)18-14(16-12)17-8-6-7-11(3)10-17/h11,15H,4-10H2,1-3H3. The summed E-state index contributed by atoms with van der Waals surface area (Å²) in [6.07, 6.45) is 3.72. The maximum absolute atomic E-state index is 4.84. The second-order valence-electron chi connectivity index (χ2n) is 5.19. The van der Waals surface area contributed by atoms with Gasteiger partial charge in [0.15, 0.2) is 5.13 Å². The van der Waals surface area contributed by atoms with E-state index in [9.17, 15) is 0 Å². The monoisotopic (exact) mass is 267 g/mol. The third-order valence-electron chi connectivity index (χ3n) is 3.56. The third-order valence-corrected chi connectivity index (χ3v) is 4.72. The number of aromatic nitrogens is 1. The van der Waals surface area contributed by atoms with E-state index in [1.54, 1.807) is 0 Å². The van der Waals surface area contributed by atoms with Crippen LogP contribution in [-0.2, 0) is 13.0 Å². The first-order chi connectivity index (χ1) is 8.74. The van der Waals surface area contributed by atoms with Crippen molar-refractivity contribution in [2.24, 2.45) is 5.92 Å². The topological polar surface area (TPSA) is 28.2 Å². The van der Waals surface area contributed by atoms with Crippen LogP contribution in [0.3, 0.4) is 0 Å². The number of nitrogens with zero attached hydrogens (tertiary/aromatic N) is 2. The van der Waals surface area contributed by atoms with Gasteiger partial charge < -0.3 is 10.2 Å². The van der Waals surface area contributed by atoms with E-state index in [-0.39, 0.29) is 0 Å². The summed E-state index contributed by atoms with van der Waals surface area (Å²) >= 11 is 1.88. The van der Waals surface area contributed by atoms with Crippen LogP contribution in [0.4, 0.5) is 5.13 Å². The van der Waals surface area contributed by atoms with Crippen molar-refractivity contribution in [3.8, 4) is 0 Å². The summed E-state index contributed by atoms with van der Waals surface area (Å²) in [5, 5.41) is 4.66. The summed E-state index contributed by atoms with van der Waals surface area (Å²) in [4.78, 5) is 8.75. The van der Waals surface area contributed by atoms with Gasteiger partial charge in [0.25, 0.3) is 0 Å². The number of aryl methyl sites for hydroxylation is 1. The zero-order chi connectivity index (χ0) is 13.0. The maximum atomic E-state index is 4.84. The molecule has 4 heteroatoms. The smallest absolute Gasteiger partial charge is 0.185 e. The molecule has 1 aliphatic heterocycles. The van der Waals surface area contributed by atoms with Crippen LogP contribution in [0.25, 0.3) is 0 Å². The van der Waals surface area contributed by atoms with Gasteiger partial charge in [-0.25, -0.2) is 4.98 Å². The summed E-state index contributed by atoms with van der Waals surface area (Å²) < 4.78 is 0. The first-order valence-corrected chi connectivity index (χ1v) is 8.00. The molecule has 1 atom stereocenters. The van der Waals surface area contributed by atoms with E-state index in [1.807, 2.05) is 11.3 Å². The Bertz CT molecular complexity index is 375. The minimum atomic E-state index is 0.810. The van der Waals surface area contributed by atoms with Crippen molar-refractivity contribution in [2.75, 3.05) is 24.5 Å². The molecular weight excluding hydrogens is 242 g/mol. The number of rotatable bonds is 5. The average molecular weight is 267 g/mol. The van der Waals surface area contributed by atoms with Crippen LogP contribution in [0.5, 0.6) is 0 Å². The minimum Gasteiger partial charge on any atom is -0.348 e. The summed E-state index contributed by atoms with van der Waals surface area (Å²) in [5.41, 5.74) is 1.29. The molecule has 0 radical (unpaired) electrons. The molecule has 0 spiro atoms. The molecule has 0 saturated carbocycles. The Labute approximate surface area is 115 Å². The lowest BCUT2D eigenvalue weighted by atomic mass is 10.0. The maximum Gasteiger partial charge on any atom is 0.185 e. The minimum absolute atomic E-state index is 0.810. The van der Waals surface area contributed by atoms with Crippen molar-refractivity contribution in [2.45, 2.75) is 46.6 Å². The molecule has 0 aromatic carbocycles. The lowest BCUT2D eigenvalue weighted by Crippen LogP contribution is -2.34. The van der Waals surface area contributed by atoms with Crippen molar-refractivity contribution in [3.63, 3.8) is 0 Å². The quantitative estimate of drug-likeness (QED) is 0.889. The summed E-state index contributed by atoms with van der Waals surface area (Å²) in [7, 11) is 0. The van der Waals surface area contributed by atoms with Gasteiger partial charge in [-0.1, -0.05) is 20.8 Å². The van der Waals surface area contributed by atoms with Crippen LogP contribution in [-0.4, -0.2) is 24.6 Å². The molecule has 0 amide bonds. The molecule has 0 aliphatic carbocycles. The van der Waals surface area contributed by atoms with Crippen molar-refractivity contribution >= 4 is 16.5 Å². The van der Waals surface area contributed by atoms with Crippen LogP contribution in [0.1, 0.15) is 44.2 Å². The van der Waals surface area contributed by atoms with Gasteiger partial charge in [0.1, 0.15) is 0 Å². The number of piperidine rings is 1. The predicted molar refractivity (Wildman–Crippen MR) is 79.5 cm³/mol. The largest absolute Gasteiger partial charge is 0.348 e. The van der Waals surface area contributed by atoms with Gasteiger partial charge in [-0.3, -0.25) is 0 Å². The van der Waals surface area contributed by atoms with Gasteiger partial charge in [-0.15, -0.1) is 11.3 Å². The molecule has 1 saturated heterocycles. The molecular formula is C14H25N3S. The lowest BCUT2D eigenvalue weighted by molar-refractivity contribution is 0.446. The SMILES string of the molecule is CCNCc1sc(N2CCCC(C)C2)nc1CC. The predicted octanol–water partition coefficient (Wildman–Crippen LogP) is 3.05. The number of nitrogens with one attached hydrogen (secondary N) is 1. The van der Waals surface area contributed by atoms with Crippen LogP contribution in [0.2, 0.25) is 0 Å². The fraction of sp³-hybridized carbons (Fsp3) is 0.786. The van der Waals surface area contributed by atoms with Crippen molar-refractivity contribution in [3.05, 3.63) is 10.6 Å². The zero-order valence-corrected chi connectivity index (χ0v) is 12.6. The molecule has 1 unspecified atom stereocenters. The summed E-state index contributed by atoms with van der Waals surface area (Å²) in [6, 6.07) is 0. The number of hydrogen-bond donors (Lipinski definition) is 1. The second kappa shape index (κ2) is 6.53. The summed E-state index contributed by atoms with van der Waals surface area (Å²) in [5.74, 6) is 0.810. The van der Waals surface area contributed by atoms with Crippen molar-refractivity contribution < 1.29 is 0 Å². The average Bonchev–Trinajstić information content (AvgIpc) is 2.79. The highest BCUT2D eigenvalue weighted by Gasteiger charge is 2.20. The lowest BCUT2D eigenvalue weighted by Gasteiger charge is -2.30. The van der Waals surface area contributed by atoms with Gasteiger partial charge in [0.05, 0.1) is 5.69 Å². The van der Waals surface area contributed by atoms with Gasteiger partial charge in [-0.2, -0.15) is 0 Å². The molecule has 1 aromatic heterocycles. The molecule has 0 bridgehead atoms. The van der Waals surface area contributed by atoms with Crippen LogP contribution < -0.4 is 10.2 Å². The van der Waals surface area contributed by atoms with Gasteiger partial charge in [0.2, 0.25) is 0 Å². The van der Waals surface area contributed by atoms with Gasteiger partial charge in [0, 0.05) is 24.5 Å². The Balaban J connectivity index is 2.10. The van der Waals surface area contributed by atoms with E-state index in [4.69, 9.17) is 4.98 Å². The van der Waals surface area contributed by atoms with E-state index < -0.39 is 0 Å². The Morgan fingerprint density at radius 2 is 2.28 bits per heavy atom. The summed E-state index contributed by atoms with van der Waals surface area (Å²) in [6.45, 7) is 11.1. The van der Waals surface area contributed by atoms with E-state index in [0.717, 1.165) is 25.4 Å². The molecule has 1 aliphatic rings. The highest BCUT2D eigenvalue weighted by Crippen LogP contribution is 2.30. The molecule has 18 heavy (non-hydrogen) atoms. The highest BCUT2D eigenvalue weighted by molar-refractivity contribution is 7.15. The molecule has 1 aromatic rings. The third kappa shape index (κ3) is 3.23. The van der Waals surface area contributed by atoms with E-state index in [1.165, 1.54) is 41.6 Å². The number of anilines is 1. The first-order valence-electron chi connectivity index (χ1n) is 7.18. The van der Waals surface area contributed by atoms with Crippen LogP contribution >= 0.6 is 11.3 Å². The molecule has 1 fully saturated rings. The van der Waals surface area contributed by atoms with Crippen molar-refractivity contribution in [1.29, 1.82) is 0 Å². The Morgan fingerprint density at radius 1 is 1.44 bits per heavy atom. The molecule has 102 valence electrons. The fourth-order valence-electron chi connectivity index (χ4n) is 2.52. The normalized spacial score (nSPS) is 20.4. The first kappa shape index (κ1) is 13.8. The Morgan fingerprint density at radius 3 is 2.94 bits per heavy atom. The highest BCUT2D eigenvalue weighted by atomic mass is 32.1. The van der Waals surface area contributed by atoms with Gasteiger partial charge >= 0.3 is 0 Å². The van der Waals surface area contributed by atoms with E-state index >= 15 is 0 Å². The zero-order valence-electron chi connectivity index (χ0n) is 11.8. The second-order valence-corrected chi connectivity index (χ2v) is 6.26. The Hall–Kier alpha value is -0.610. The molecule has 3 nitrogen and oxygen atoms in total. The number of thiazole rings is 1. The van der Waals surface area contributed by atoms with Gasteiger partial charge in [-0.05, 0) is 31.7 Å². The molecule has 2 heterocycles. The fourth-order valence-corrected chi connectivity index (χ4v) is 3.67. The van der Waals surface area contributed by atoms with Crippen LogP contribution in [0.15, 0.2) is 0 Å².